The summed E-state index contributed by atoms with van der Waals surface area (Å²) in [5.74, 6) is 1.75. The first-order valence-electron chi connectivity index (χ1n) is 9.29. The van der Waals surface area contributed by atoms with Crippen molar-refractivity contribution in [2.45, 2.75) is 19.5 Å². The first-order chi connectivity index (χ1) is 13.3. The minimum absolute atomic E-state index is 0.808. The molecule has 3 aromatic carbocycles. The van der Waals surface area contributed by atoms with Crippen LogP contribution in [0.1, 0.15) is 16.7 Å². The van der Waals surface area contributed by atoms with Gasteiger partial charge < -0.3 is 9.47 Å². The molecule has 0 amide bonds. The number of methoxy groups -OCH3 is 2. The maximum absolute atomic E-state index is 5.58. The highest BCUT2D eigenvalue weighted by molar-refractivity contribution is 5.40. The van der Waals surface area contributed by atoms with Crippen LogP contribution >= 0.6 is 0 Å². The zero-order valence-electron chi connectivity index (χ0n) is 16.1. The van der Waals surface area contributed by atoms with Gasteiger partial charge in [-0.15, -0.1) is 0 Å². The fraction of sp³-hybridized carbons (Fsp3) is 0.250. The van der Waals surface area contributed by atoms with Crippen molar-refractivity contribution in [3.63, 3.8) is 0 Å². The summed E-state index contributed by atoms with van der Waals surface area (Å²) in [5, 5.41) is 0. The van der Waals surface area contributed by atoms with Crippen molar-refractivity contribution < 1.29 is 9.47 Å². The normalized spacial score (nSPS) is 10.8. The number of benzene rings is 3. The van der Waals surface area contributed by atoms with Crippen LogP contribution in [0.3, 0.4) is 0 Å². The maximum atomic E-state index is 5.58. The van der Waals surface area contributed by atoms with Crippen molar-refractivity contribution >= 4 is 0 Å². The monoisotopic (exact) mass is 361 g/mol. The van der Waals surface area contributed by atoms with Gasteiger partial charge in [-0.05, 0) is 35.7 Å². The molecule has 3 rings (SSSR count). The van der Waals surface area contributed by atoms with Crippen LogP contribution in [0.4, 0.5) is 0 Å². The van der Waals surface area contributed by atoms with E-state index in [2.05, 4.69) is 71.6 Å². The van der Waals surface area contributed by atoms with Gasteiger partial charge >= 0.3 is 0 Å². The summed E-state index contributed by atoms with van der Waals surface area (Å²) < 4.78 is 11.0. The van der Waals surface area contributed by atoms with Crippen molar-refractivity contribution in [1.29, 1.82) is 0 Å². The topological polar surface area (TPSA) is 21.7 Å². The Morgan fingerprint density at radius 3 is 2.00 bits per heavy atom. The molecule has 0 fully saturated rings. The van der Waals surface area contributed by atoms with Gasteiger partial charge in [-0.2, -0.15) is 0 Å². The quantitative estimate of drug-likeness (QED) is 0.538. The van der Waals surface area contributed by atoms with Gasteiger partial charge in [0.1, 0.15) is 11.5 Å². The van der Waals surface area contributed by atoms with E-state index in [0.717, 1.165) is 43.1 Å². The zero-order chi connectivity index (χ0) is 18.9. The smallest absolute Gasteiger partial charge is 0.123 e. The molecule has 0 atom stereocenters. The van der Waals surface area contributed by atoms with E-state index in [1.165, 1.54) is 11.1 Å². The van der Waals surface area contributed by atoms with E-state index in [0.29, 0.717) is 0 Å². The Kier molecular flexibility index (Phi) is 6.89. The van der Waals surface area contributed by atoms with Gasteiger partial charge in [-0.1, -0.05) is 60.7 Å². The van der Waals surface area contributed by atoms with Gasteiger partial charge in [0.25, 0.3) is 0 Å². The lowest BCUT2D eigenvalue weighted by Crippen LogP contribution is -2.25. The molecular formula is C24H27NO2. The Morgan fingerprint density at radius 1 is 0.704 bits per heavy atom. The first-order valence-corrected chi connectivity index (χ1v) is 9.29. The Balaban J connectivity index is 1.78. The Hall–Kier alpha value is -2.78. The van der Waals surface area contributed by atoms with E-state index in [9.17, 15) is 0 Å². The molecule has 0 unspecified atom stereocenters. The van der Waals surface area contributed by atoms with Gasteiger partial charge in [0.15, 0.2) is 0 Å². The van der Waals surface area contributed by atoms with E-state index in [4.69, 9.17) is 9.47 Å². The average Bonchev–Trinajstić information content (AvgIpc) is 2.73. The van der Waals surface area contributed by atoms with Crippen molar-refractivity contribution in [1.82, 2.24) is 4.90 Å². The second-order valence-corrected chi connectivity index (χ2v) is 6.61. The predicted molar refractivity (Wildman–Crippen MR) is 110 cm³/mol. The van der Waals surface area contributed by atoms with Crippen LogP contribution in [0.25, 0.3) is 0 Å². The van der Waals surface area contributed by atoms with Gasteiger partial charge in [0.05, 0.1) is 14.2 Å². The molecule has 0 aliphatic heterocycles. The van der Waals surface area contributed by atoms with E-state index in [-0.39, 0.29) is 0 Å². The zero-order valence-corrected chi connectivity index (χ0v) is 16.1. The average molecular weight is 361 g/mol. The van der Waals surface area contributed by atoms with Crippen molar-refractivity contribution in [3.8, 4) is 11.5 Å². The van der Waals surface area contributed by atoms with Crippen LogP contribution in [0, 0.1) is 0 Å². The summed E-state index contributed by atoms with van der Waals surface area (Å²) in [6, 6.07) is 27.2. The number of ether oxygens (including phenoxy) is 2. The molecule has 140 valence electrons. The van der Waals surface area contributed by atoms with Crippen LogP contribution in [0.5, 0.6) is 11.5 Å². The van der Waals surface area contributed by atoms with E-state index in [1.807, 2.05) is 12.1 Å². The minimum atomic E-state index is 0.808. The van der Waals surface area contributed by atoms with Gasteiger partial charge in [-0.25, -0.2) is 0 Å². The van der Waals surface area contributed by atoms with Crippen molar-refractivity contribution in [2.24, 2.45) is 0 Å². The molecule has 27 heavy (non-hydrogen) atoms. The van der Waals surface area contributed by atoms with Crippen LogP contribution in [0.15, 0.2) is 78.9 Å². The molecule has 0 aliphatic rings. The van der Waals surface area contributed by atoms with Crippen molar-refractivity contribution in [2.75, 3.05) is 20.8 Å². The molecule has 3 nitrogen and oxygen atoms in total. The molecule has 0 saturated heterocycles. The van der Waals surface area contributed by atoms with E-state index < -0.39 is 0 Å². The van der Waals surface area contributed by atoms with Crippen LogP contribution < -0.4 is 9.47 Å². The standard InChI is InChI=1S/C24H27NO2/c1-26-23-13-14-24(27-2)22(17-23)19-25(18-21-11-7-4-8-12-21)16-15-20-9-5-3-6-10-20/h3-14,17H,15-16,18-19H2,1-2H3. The lowest BCUT2D eigenvalue weighted by atomic mass is 10.1. The first kappa shape index (κ1) is 19.0. The van der Waals surface area contributed by atoms with Gasteiger partial charge in [0, 0.05) is 25.2 Å². The largest absolute Gasteiger partial charge is 0.497 e. The molecule has 0 heterocycles. The summed E-state index contributed by atoms with van der Waals surface area (Å²) in [4.78, 5) is 2.46. The molecule has 0 N–H and O–H groups in total. The maximum Gasteiger partial charge on any atom is 0.123 e. The summed E-state index contributed by atoms with van der Waals surface area (Å²) in [6.07, 6.45) is 1.01. The molecule has 0 saturated carbocycles. The molecule has 3 heteroatoms. The highest BCUT2D eigenvalue weighted by Crippen LogP contribution is 2.26. The lowest BCUT2D eigenvalue weighted by Gasteiger charge is -2.24. The Morgan fingerprint density at radius 2 is 1.37 bits per heavy atom. The number of rotatable bonds is 9. The second-order valence-electron chi connectivity index (χ2n) is 6.61. The fourth-order valence-electron chi connectivity index (χ4n) is 3.23. The third-order valence-electron chi connectivity index (χ3n) is 4.69. The molecule has 0 aromatic heterocycles. The summed E-state index contributed by atoms with van der Waals surface area (Å²) in [5.41, 5.74) is 3.81. The summed E-state index contributed by atoms with van der Waals surface area (Å²) >= 11 is 0. The van der Waals surface area contributed by atoms with Gasteiger partial charge in [-0.3, -0.25) is 4.90 Å². The lowest BCUT2D eigenvalue weighted by molar-refractivity contribution is 0.255. The fourth-order valence-corrected chi connectivity index (χ4v) is 3.23. The van der Waals surface area contributed by atoms with E-state index in [1.54, 1.807) is 14.2 Å². The molecule has 3 aromatic rings. The molecular weight excluding hydrogens is 334 g/mol. The molecule has 0 aliphatic carbocycles. The second kappa shape index (κ2) is 9.79. The summed E-state index contributed by atoms with van der Waals surface area (Å²) in [7, 11) is 3.42. The molecule has 0 radical (unpaired) electrons. The third-order valence-corrected chi connectivity index (χ3v) is 4.69. The van der Waals surface area contributed by atoms with Crippen LogP contribution in [-0.4, -0.2) is 25.7 Å². The Labute approximate surface area is 162 Å². The molecule has 0 bridgehead atoms. The minimum Gasteiger partial charge on any atom is -0.497 e. The highest BCUT2D eigenvalue weighted by atomic mass is 16.5. The van der Waals surface area contributed by atoms with Gasteiger partial charge in [0.2, 0.25) is 0 Å². The highest BCUT2D eigenvalue weighted by Gasteiger charge is 2.12. The predicted octanol–water partition coefficient (Wildman–Crippen LogP) is 4.95. The third kappa shape index (κ3) is 5.60. The summed E-state index contributed by atoms with van der Waals surface area (Å²) in [6.45, 7) is 2.68. The SMILES string of the molecule is COc1ccc(OC)c(CN(CCc2ccccc2)Cc2ccccc2)c1. The van der Waals surface area contributed by atoms with E-state index >= 15 is 0 Å². The van der Waals surface area contributed by atoms with Crippen LogP contribution in [0.2, 0.25) is 0 Å². The number of hydrogen-bond donors (Lipinski definition) is 0. The Bertz CT molecular complexity index is 818. The molecule has 0 spiro atoms. The van der Waals surface area contributed by atoms with Crippen LogP contribution in [-0.2, 0) is 19.5 Å². The number of nitrogens with zero attached hydrogens (tertiary/aromatic N) is 1. The van der Waals surface area contributed by atoms with Crippen molar-refractivity contribution in [3.05, 3.63) is 95.6 Å². The number of hydrogen-bond acceptors (Lipinski definition) is 3.